The normalized spacial score (nSPS) is 11.3. The maximum absolute atomic E-state index is 12.6. The van der Waals surface area contributed by atoms with E-state index in [1.54, 1.807) is 41.4 Å². The Labute approximate surface area is 213 Å². The van der Waals surface area contributed by atoms with Gasteiger partial charge < -0.3 is 9.88 Å². The van der Waals surface area contributed by atoms with Crippen molar-refractivity contribution in [3.63, 3.8) is 0 Å². The topological polar surface area (TPSA) is 76.9 Å². The van der Waals surface area contributed by atoms with E-state index in [1.165, 1.54) is 11.6 Å². The quantitative estimate of drug-likeness (QED) is 0.221. The predicted octanol–water partition coefficient (Wildman–Crippen LogP) is 6.08. The van der Waals surface area contributed by atoms with E-state index in [4.69, 9.17) is 4.98 Å². The summed E-state index contributed by atoms with van der Waals surface area (Å²) in [7, 11) is 1.78. The molecule has 5 aromatic rings. The van der Waals surface area contributed by atoms with Gasteiger partial charge in [0.05, 0.1) is 16.6 Å². The fraction of sp³-hybridized carbons (Fsp3) is 0.103. The van der Waals surface area contributed by atoms with Crippen LogP contribution in [0.3, 0.4) is 0 Å². The molecule has 0 fully saturated rings. The summed E-state index contributed by atoms with van der Waals surface area (Å²) in [5.41, 5.74) is 5.74. The van der Waals surface area contributed by atoms with Crippen molar-refractivity contribution in [2.24, 2.45) is 7.05 Å². The van der Waals surface area contributed by atoms with Gasteiger partial charge in [0.2, 0.25) is 11.7 Å². The molecule has 0 aliphatic heterocycles. The fourth-order valence-corrected chi connectivity index (χ4v) is 4.80. The Balaban J connectivity index is 1.18. The molecule has 0 spiro atoms. The van der Waals surface area contributed by atoms with Crippen LogP contribution in [0, 0.1) is 6.92 Å². The molecule has 178 valence electrons. The van der Waals surface area contributed by atoms with Crippen molar-refractivity contribution in [3.05, 3.63) is 108 Å². The highest BCUT2D eigenvalue weighted by atomic mass is 32.1. The average molecular weight is 493 g/mol. The number of amides is 1. The summed E-state index contributed by atoms with van der Waals surface area (Å²) in [6.45, 7) is 2.06. The molecule has 0 bridgehead atoms. The van der Waals surface area contributed by atoms with Gasteiger partial charge in [0.1, 0.15) is 5.01 Å². The van der Waals surface area contributed by atoms with E-state index in [0.29, 0.717) is 5.82 Å². The highest BCUT2D eigenvalue weighted by Crippen LogP contribution is 2.31. The molecule has 0 unspecified atom stereocenters. The highest BCUT2D eigenvalue weighted by Gasteiger charge is 2.09. The summed E-state index contributed by atoms with van der Waals surface area (Å²) in [6, 6.07) is 21.6. The zero-order chi connectivity index (χ0) is 25.1. The zero-order valence-electron chi connectivity index (χ0n) is 19.9. The molecule has 2 aromatic heterocycles. The maximum Gasteiger partial charge on any atom is 0.228 e. The number of aryl methyl sites for hydroxylation is 2. The molecule has 0 atom stereocenters. The summed E-state index contributed by atoms with van der Waals surface area (Å²) in [5, 5.41) is 3.92. The third-order valence-electron chi connectivity index (χ3n) is 5.77. The number of aromatic nitrogens is 3. The van der Waals surface area contributed by atoms with Crippen LogP contribution in [-0.4, -0.2) is 26.2 Å². The molecule has 2 heterocycles. The number of nitrogens with zero attached hydrogens (tertiary/aromatic N) is 3. The van der Waals surface area contributed by atoms with Gasteiger partial charge in [0.25, 0.3) is 0 Å². The largest absolute Gasteiger partial charge is 0.331 e. The number of allylic oxidation sites excluding steroid dienone is 1. The number of fused-ring (bicyclic) bond motifs is 1. The fourth-order valence-electron chi connectivity index (χ4n) is 3.84. The van der Waals surface area contributed by atoms with E-state index in [1.807, 2.05) is 48.5 Å². The van der Waals surface area contributed by atoms with Gasteiger partial charge in [-0.15, -0.1) is 11.3 Å². The van der Waals surface area contributed by atoms with Crippen molar-refractivity contribution < 1.29 is 9.59 Å². The van der Waals surface area contributed by atoms with Crippen LogP contribution in [0.15, 0.2) is 85.2 Å². The molecule has 0 saturated heterocycles. The molecule has 7 heteroatoms. The number of carbonyl (C=O) groups excluding carboxylic acids is 2. The first-order valence-electron chi connectivity index (χ1n) is 11.5. The van der Waals surface area contributed by atoms with Gasteiger partial charge in [-0.3, -0.25) is 9.59 Å². The summed E-state index contributed by atoms with van der Waals surface area (Å²) in [4.78, 5) is 33.6. The van der Waals surface area contributed by atoms with Crippen LogP contribution in [-0.2, 0) is 18.3 Å². The zero-order valence-corrected chi connectivity index (χ0v) is 20.8. The highest BCUT2D eigenvalue weighted by molar-refractivity contribution is 7.21. The van der Waals surface area contributed by atoms with Gasteiger partial charge in [-0.2, -0.15) is 0 Å². The Morgan fingerprint density at radius 1 is 1.03 bits per heavy atom. The van der Waals surface area contributed by atoms with Crippen LogP contribution in [0.2, 0.25) is 0 Å². The van der Waals surface area contributed by atoms with Crippen LogP contribution in [0.1, 0.15) is 27.3 Å². The minimum absolute atomic E-state index is 0.0912. The minimum Gasteiger partial charge on any atom is -0.331 e. The van der Waals surface area contributed by atoms with Gasteiger partial charge in [-0.05, 0) is 66.1 Å². The molecule has 6 nitrogen and oxygen atoms in total. The molecular formula is C29H24N4O2S. The molecule has 0 aliphatic carbocycles. The Hall–Kier alpha value is -4.36. The van der Waals surface area contributed by atoms with E-state index < -0.39 is 0 Å². The lowest BCUT2D eigenvalue weighted by Crippen LogP contribution is -2.14. The van der Waals surface area contributed by atoms with Crippen molar-refractivity contribution in [3.8, 4) is 10.6 Å². The number of hydrogen-bond acceptors (Lipinski definition) is 5. The monoisotopic (exact) mass is 492 g/mol. The lowest BCUT2D eigenvalue weighted by Gasteiger charge is -2.06. The van der Waals surface area contributed by atoms with E-state index in [0.717, 1.165) is 37.6 Å². The first-order valence-corrected chi connectivity index (χ1v) is 12.3. The van der Waals surface area contributed by atoms with Gasteiger partial charge in [0.15, 0.2) is 5.82 Å². The second kappa shape index (κ2) is 10.1. The van der Waals surface area contributed by atoms with Crippen LogP contribution in [0.5, 0.6) is 0 Å². The van der Waals surface area contributed by atoms with E-state index in [2.05, 4.69) is 35.4 Å². The summed E-state index contributed by atoms with van der Waals surface area (Å²) in [6.07, 6.45) is 6.84. The van der Waals surface area contributed by atoms with Gasteiger partial charge in [0, 0.05) is 30.7 Å². The van der Waals surface area contributed by atoms with Crippen LogP contribution >= 0.6 is 11.3 Å². The Morgan fingerprint density at radius 3 is 2.53 bits per heavy atom. The summed E-state index contributed by atoms with van der Waals surface area (Å²) < 4.78 is 2.85. The first kappa shape index (κ1) is 23.4. The van der Waals surface area contributed by atoms with E-state index in [9.17, 15) is 9.59 Å². The summed E-state index contributed by atoms with van der Waals surface area (Å²) in [5.74, 6) is 0.143. The second-order valence-electron chi connectivity index (χ2n) is 8.59. The van der Waals surface area contributed by atoms with E-state index >= 15 is 0 Å². The number of rotatable bonds is 7. The Bertz CT molecular complexity index is 1580. The number of hydrogen-bond donors (Lipinski definition) is 1. The van der Waals surface area contributed by atoms with Gasteiger partial charge in [-0.1, -0.05) is 36.4 Å². The van der Waals surface area contributed by atoms with Crippen molar-refractivity contribution >= 4 is 45.0 Å². The summed E-state index contributed by atoms with van der Waals surface area (Å²) >= 11 is 1.66. The Kier molecular flexibility index (Phi) is 6.56. The number of carbonyl (C=O) groups is 2. The SMILES string of the molecule is Cc1ccc2sc(-c3ccc(NC(=O)Cc4ccc(C=CC(=O)c5nccn5C)cc4)cc3)nc2c1. The molecule has 0 aliphatic rings. The Morgan fingerprint density at radius 2 is 1.81 bits per heavy atom. The third-order valence-corrected chi connectivity index (χ3v) is 6.86. The van der Waals surface area contributed by atoms with Crippen molar-refractivity contribution in [1.29, 1.82) is 0 Å². The molecule has 1 N–H and O–H groups in total. The van der Waals surface area contributed by atoms with Gasteiger partial charge >= 0.3 is 0 Å². The molecule has 0 radical (unpaired) electrons. The minimum atomic E-state index is -0.157. The number of anilines is 1. The lowest BCUT2D eigenvalue weighted by atomic mass is 10.1. The second-order valence-corrected chi connectivity index (χ2v) is 9.62. The maximum atomic E-state index is 12.6. The molecule has 1 amide bonds. The number of nitrogens with one attached hydrogen (secondary N) is 1. The smallest absolute Gasteiger partial charge is 0.228 e. The van der Waals surface area contributed by atoms with Crippen LogP contribution in [0.25, 0.3) is 26.9 Å². The van der Waals surface area contributed by atoms with Crippen LogP contribution in [0.4, 0.5) is 5.69 Å². The molecule has 0 saturated carbocycles. The lowest BCUT2D eigenvalue weighted by molar-refractivity contribution is -0.115. The third kappa shape index (κ3) is 5.31. The molecule has 3 aromatic carbocycles. The van der Waals surface area contributed by atoms with Gasteiger partial charge in [-0.25, -0.2) is 9.97 Å². The molecule has 36 heavy (non-hydrogen) atoms. The standard InChI is InChI=1S/C29H24N4O2S/c1-19-3-14-26-24(17-19)32-29(36-26)22-9-11-23(12-10-22)31-27(35)18-21-6-4-20(5-7-21)8-13-25(34)28-30-15-16-33(28)2/h3-17H,18H2,1-2H3,(H,31,35). The van der Waals surface area contributed by atoms with Crippen LogP contribution < -0.4 is 5.32 Å². The molecule has 5 rings (SSSR count). The van der Waals surface area contributed by atoms with Crippen molar-refractivity contribution in [2.75, 3.05) is 5.32 Å². The number of thiazole rings is 1. The van der Waals surface area contributed by atoms with Crippen molar-refractivity contribution in [2.45, 2.75) is 13.3 Å². The number of ketones is 1. The average Bonchev–Trinajstić information content (AvgIpc) is 3.49. The molecular weight excluding hydrogens is 468 g/mol. The number of imidazole rings is 1. The van der Waals surface area contributed by atoms with E-state index in [-0.39, 0.29) is 18.1 Å². The number of benzene rings is 3. The predicted molar refractivity (Wildman–Crippen MR) is 145 cm³/mol. The van der Waals surface area contributed by atoms with Crippen molar-refractivity contribution in [1.82, 2.24) is 14.5 Å². The first-order chi connectivity index (χ1) is 17.4.